The standard InChI is InChI=1S/C10H10O/c11-8-1-2-9-6(4-8)3-7-5-10(7)9/h1-2,4,7,10-11H,3,5H2/t7-,10+/m0/s1. The molecule has 0 aromatic heterocycles. The Kier molecular flexibility index (Phi) is 0.823. The van der Waals surface area contributed by atoms with Crippen LogP contribution in [0.25, 0.3) is 0 Å². The van der Waals surface area contributed by atoms with Crippen molar-refractivity contribution in [3.05, 3.63) is 29.3 Å². The Morgan fingerprint density at radius 1 is 1.36 bits per heavy atom. The van der Waals surface area contributed by atoms with Crippen LogP contribution < -0.4 is 0 Å². The first-order valence-corrected chi connectivity index (χ1v) is 4.16. The maximum atomic E-state index is 9.20. The molecule has 1 N–H and O–H groups in total. The Bertz CT molecular complexity index is 317. The number of phenolic OH excluding ortho intramolecular Hbond substituents is 1. The second kappa shape index (κ2) is 1.60. The van der Waals surface area contributed by atoms with E-state index in [4.69, 9.17) is 0 Å². The lowest BCUT2D eigenvalue weighted by Gasteiger charge is -2.01. The van der Waals surface area contributed by atoms with Gasteiger partial charge in [0.25, 0.3) is 0 Å². The van der Waals surface area contributed by atoms with Gasteiger partial charge in [-0.1, -0.05) is 6.07 Å². The van der Waals surface area contributed by atoms with Crippen molar-refractivity contribution in [2.24, 2.45) is 5.92 Å². The topological polar surface area (TPSA) is 20.2 Å². The van der Waals surface area contributed by atoms with Gasteiger partial charge in [0, 0.05) is 0 Å². The van der Waals surface area contributed by atoms with Crippen LogP contribution in [0.2, 0.25) is 0 Å². The average molecular weight is 146 g/mol. The van der Waals surface area contributed by atoms with Crippen LogP contribution in [0.1, 0.15) is 23.5 Å². The molecule has 0 heterocycles. The van der Waals surface area contributed by atoms with E-state index in [0.29, 0.717) is 5.75 Å². The van der Waals surface area contributed by atoms with E-state index in [2.05, 4.69) is 6.07 Å². The number of phenols is 1. The van der Waals surface area contributed by atoms with Crippen LogP contribution >= 0.6 is 0 Å². The molecule has 1 saturated carbocycles. The van der Waals surface area contributed by atoms with Crippen molar-refractivity contribution in [1.29, 1.82) is 0 Å². The van der Waals surface area contributed by atoms with E-state index < -0.39 is 0 Å². The van der Waals surface area contributed by atoms with Gasteiger partial charge in [0.2, 0.25) is 0 Å². The van der Waals surface area contributed by atoms with Gasteiger partial charge in [0.15, 0.2) is 0 Å². The van der Waals surface area contributed by atoms with Crippen molar-refractivity contribution < 1.29 is 5.11 Å². The van der Waals surface area contributed by atoms with E-state index >= 15 is 0 Å². The number of hydrogen-bond donors (Lipinski definition) is 1. The normalized spacial score (nSPS) is 31.3. The summed E-state index contributed by atoms with van der Waals surface area (Å²) < 4.78 is 0. The molecule has 0 unspecified atom stereocenters. The summed E-state index contributed by atoms with van der Waals surface area (Å²) >= 11 is 0. The zero-order valence-electron chi connectivity index (χ0n) is 6.25. The lowest BCUT2D eigenvalue weighted by Crippen LogP contribution is -1.84. The highest BCUT2D eigenvalue weighted by Gasteiger charge is 2.44. The molecule has 0 saturated heterocycles. The molecule has 0 amide bonds. The van der Waals surface area contributed by atoms with Crippen molar-refractivity contribution in [3.63, 3.8) is 0 Å². The molecule has 0 radical (unpaired) electrons. The van der Waals surface area contributed by atoms with Crippen molar-refractivity contribution in [2.75, 3.05) is 0 Å². The molecule has 0 bridgehead atoms. The first-order chi connectivity index (χ1) is 5.34. The van der Waals surface area contributed by atoms with Gasteiger partial charge in [-0.05, 0) is 47.9 Å². The molecule has 1 fully saturated rings. The second-order valence-corrected chi connectivity index (χ2v) is 3.69. The number of fused-ring (bicyclic) bond motifs is 3. The third-order valence-corrected chi connectivity index (χ3v) is 2.93. The number of hydrogen-bond acceptors (Lipinski definition) is 1. The maximum absolute atomic E-state index is 9.20. The van der Waals surface area contributed by atoms with Crippen molar-refractivity contribution >= 4 is 0 Å². The van der Waals surface area contributed by atoms with Crippen LogP contribution in [0.3, 0.4) is 0 Å². The summed E-state index contributed by atoms with van der Waals surface area (Å²) in [6.07, 6.45) is 2.59. The summed E-state index contributed by atoms with van der Waals surface area (Å²) in [5.41, 5.74) is 2.87. The van der Waals surface area contributed by atoms with Gasteiger partial charge < -0.3 is 5.11 Å². The monoisotopic (exact) mass is 146 g/mol. The fourth-order valence-corrected chi connectivity index (χ4v) is 2.27. The van der Waals surface area contributed by atoms with E-state index in [0.717, 1.165) is 11.8 Å². The van der Waals surface area contributed by atoms with Crippen LogP contribution in [0.15, 0.2) is 18.2 Å². The maximum Gasteiger partial charge on any atom is 0.115 e. The Hall–Kier alpha value is -0.980. The molecule has 1 aromatic carbocycles. The van der Waals surface area contributed by atoms with Gasteiger partial charge in [-0.15, -0.1) is 0 Å². The lowest BCUT2D eigenvalue weighted by molar-refractivity contribution is 0.474. The van der Waals surface area contributed by atoms with Crippen molar-refractivity contribution in [2.45, 2.75) is 18.8 Å². The largest absolute Gasteiger partial charge is 0.508 e. The summed E-state index contributed by atoms with van der Waals surface area (Å²) in [6, 6.07) is 5.81. The quantitative estimate of drug-likeness (QED) is 0.594. The molecule has 0 aliphatic heterocycles. The van der Waals surface area contributed by atoms with Gasteiger partial charge in [-0.25, -0.2) is 0 Å². The van der Waals surface area contributed by atoms with Crippen LogP contribution in [0.5, 0.6) is 5.75 Å². The zero-order valence-corrected chi connectivity index (χ0v) is 6.25. The third kappa shape index (κ3) is 0.657. The summed E-state index contributed by atoms with van der Waals surface area (Å²) in [7, 11) is 0. The first-order valence-electron chi connectivity index (χ1n) is 4.16. The summed E-state index contributed by atoms with van der Waals surface area (Å²) in [4.78, 5) is 0. The van der Waals surface area contributed by atoms with E-state index in [-0.39, 0.29) is 0 Å². The molecule has 1 aromatic rings. The fraction of sp³-hybridized carbons (Fsp3) is 0.400. The lowest BCUT2D eigenvalue weighted by atomic mass is 10.1. The molecule has 11 heavy (non-hydrogen) atoms. The highest BCUT2D eigenvalue weighted by molar-refractivity contribution is 5.45. The van der Waals surface area contributed by atoms with Crippen molar-refractivity contribution in [3.8, 4) is 5.75 Å². The summed E-state index contributed by atoms with van der Waals surface area (Å²) in [5.74, 6) is 2.20. The van der Waals surface area contributed by atoms with Crippen LogP contribution in [0, 0.1) is 5.92 Å². The van der Waals surface area contributed by atoms with Crippen LogP contribution in [-0.4, -0.2) is 5.11 Å². The smallest absolute Gasteiger partial charge is 0.115 e. The van der Waals surface area contributed by atoms with Gasteiger partial charge in [-0.3, -0.25) is 0 Å². The Balaban J connectivity index is 2.18. The molecule has 2 aliphatic rings. The molecule has 2 aliphatic carbocycles. The fourth-order valence-electron chi connectivity index (χ4n) is 2.27. The van der Waals surface area contributed by atoms with Crippen LogP contribution in [-0.2, 0) is 6.42 Å². The van der Waals surface area contributed by atoms with E-state index in [1.807, 2.05) is 6.07 Å². The Morgan fingerprint density at radius 3 is 3.18 bits per heavy atom. The first kappa shape index (κ1) is 5.64. The molecule has 0 spiro atoms. The zero-order chi connectivity index (χ0) is 7.42. The molecule has 1 heteroatoms. The molecular weight excluding hydrogens is 136 g/mol. The molecule has 1 nitrogen and oxygen atoms in total. The molecular formula is C10H10O. The molecule has 3 rings (SSSR count). The third-order valence-electron chi connectivity index (χ3n) is 2.93. The SMILES string of the molecule is Oc1ccc2c(c1)C[C@H]1C[C@@H]21. The minimum atomic E-state index is 0.421. The van der Waals surface area contributed by atoms with E-state index in [9.17, 15) is 5.11 Å². The highest BCUT2D eigenvalue weighted by Crippen LogP contribution is 2.56. The van der Waals surface area contributed by atoms with E-state index in [1.165, 1.54) is 24.0 Å². The number of rotatable bonds is 0. The number of benzene rings is 1. The molecule has 56 valence electrons. The average Bonchev–Trinajstić information content (AvgIpc) is 2.63. The van der Waals surface area contributed by atoms with Gasteiger partial charge in [0.1, 0.15) is 5.75 Å². The Morgan fingerprint density at radius 2 is 2.27 bits per heavy atom. The predicted octanol–water partition coefficient (Wildman–Crippen LogP) is 2.05. The number of aromatic hydroxyl groups is 1. The van der Waals surface area contributed by atoms with Crippen LogP contribution in [0.4, 0.5) is 0 Å². The van der Waals surface area contributed by atoms with Crippen molar-refractivity contribution in [1.82, 2.24) is 0 Å². The van der Waals surface area contributed by atoms with E-state index in [1.54, 1.807) is 6.07 Å². The minimum Gasteiger partial charge on any atom is -0.508 e. The highest BCUT2D eigenvalue weighted by atomic mass is 16.3. The second-order valence-electron chi connectivity index (χ2n) is 3.69. The van der Waals surface area contributed by atoms with Gasteiger partial charge in [0.05, 0.1) is 0 Å². The Labute approximate surface area is 65.7 Å². The summed E-state index contributed by atoms with van der Waals surface area (Å²) in [5, 5.41) is 9.20. The summed E-state index contributed by atoms with van der Waals surface area (Å²) in [6.45, 7) is 0. The molecule has 2 atom stereocenters. The predicted molar refractivity (Wildman–Crippen MR) is 42.7 cm³/mol. The van der Waals surface area contributed by atoms with Gasteiger partial charge >= 0.3 is 0 Å². The minimum absolute atomic E-state index is 0.421. The van der Waals surface area contributed by atoms with Gasteiger partial charge in [-0.2, -0.15) is 0 Å².